The van der Waals surface area contributed by atoms with E-state index in [4.69, 9.17) is 14.4 Å². The summed E-state index contributed by atoms with van der Waals surface area (Å²) in [5, 5.41) is 12.6. The molecular formula is C40H26N10O. The minimum absolute atomic E-state index is 0.710. The molecule has 4 N–H and O–H groups in total. The molecule has 5 aromatic heterocycles. The van der Waals surface area contributed by atoms with E-state index >= 15 is 0 Å². The Morgan fingerprint density at radius 1 is 0.490 bits per heavy atom. The number of fused-ring (bicyclic) bond motifs is 9. The van der Waals surface area contributed by atoms with Crippen LogP contribution < -0.4 is 21.9 Å². The summed E-state index contributed by atoms with van der Waals surface area (Å²) in [6.07, 6.45) is 7.32. The molecule has 0 spiro atoms. The summed E-state index contributed by atoms with van der Waals surface area (Å²) in [6, 6.07) is 37.7. The van der Waals surface area contributed by atoms with Gasteiger partial charge < -0.3 is 4.42 Å². The van der Waals surface area contributed by atoms with Crippen molar-refractivity contribution in [3.05, 3.63) is 133 Å². The van der Waals surface area contributed by atoms with Crippen LogP contribution in [0.3, 0.4) is 0 Å². The van der Waals surface area contributed by atoms with Gasteiger partial charge in [0.1, 0.15) is 11.6 Å². The van der Waals surface area contributed by atoms with Gasteiger partial charge in [0.2, 0.25) is 0 Å². The fourth-order valence-corrected chi connectivity index (χ4v) is 7.41. The zero-order chi connectivity index (χ0) is 33.5. The number of hydrogen-bond acceptors (Lipinski definition) is 9. The number of hydrazine groups is 2. The third-order valence-corrected chi connectivity index (χ3v) is 9.75. The molecule has 11 nitrogen and oxygen atoms in total. The maximum absolute atomic E-state index is 6.25. The van der Waals surface area contributed by atoms with E-state index in [-0.39, 0.29) is 0 Å². The molecule has 2 aliphatic heterocycles. The van der Waals surface area contributed by atoms with Gasteiger partial charge >= 0.3 is 0 Å². The van der Waals surface area contributed by atoms with E-state index < -0.39 is 0 Å². The lowest BCUT2D eigenvalue weighted by molar-refractivity contribution is 0.665. The van der Waals surface area contributed by atoms with E-state index in [1.807, 2.05) is 48.8 Å². The summed E-state index contributed by atoms with van der Waals surface area (Å²) in [5.41, 5.74) is 23.6. The van der Waals surface area contributed by atoms with Gasteiger partial charge in [-0.25, -0.2) is 11.1 Å². The lowest BCUT2D eigenvalue weighted by Crippen LogP contribution is -2.22. The van der Waals surface area contributed by atoms with Crippen LogP contribution >= 0.6 is 0 Å². The summed E-state index contributed by atoms with van der Waals surface area (Å²) in [6.45, 7) is 0. The van der Waals surface area contributed by atoms with Gasteiger partial charge in [0, 0.05) is 55.2 Å². The largest absolute Gasteiger partial charge is 0.453 e. The Labute approximate surface area is 289 Å². The number of nitrogens with zero attached hydrogens (tertiary/aromatic N) is 6. The number of hydrogen-bond donors (Lipinski definition) is 4. The Balaban J connectivity index is 1.05. The lowest BCUT2D eigenvalue weighted by Gasteiger charge is -2.15. The Hall–Kier alpha value is -7.40. The molecule has 9 aromatic rings. The highest BCUT2D eigenvalue weighted by Crippen LogP contribution is 2.39. The van der Waals surface area contributed by atoms with Crippen LogP contribution in [0, 0.1) is 0 Å². The minimum atomic E-state index is 0.710. The molecule has 0 bridgehead atoms. The second-order valence-electron chi connectivity index (χ2n) is 12.6. The van der Waals surface area contributed by atoms with Crippen molar-refractivity contribution < 1.29 is 4.42 Å². The van der Waals surface area contributed by atoms with Crippen molar-refractivity contribution >= 4 is 67.8 Å². The molecule has 4 aromatic carbocycles. The topological polar surface area (TPSA) is 122 Å². The molecule has 2 aliphatic rings. The van der Waals surface area contributed by atoms with Gasteiger partial charge in [0.25, 0.3) is 0 Å². The molecule has 7 heterocycles. The zero-order valence-electron chi connectivity index (χ0n) is 26.8. The predicted molar refractivity (Wildman–Crippen MR) is 203 cm³/mol. The van der Waals surface area contributed by atoms with E-state index in [0.29, 0.717) is 11.2 Å². The predicted octanol–water partition coefficient (Wildman–Crippen LogP) is 8.13. The van der Waals surface area contributed by atoms with E-state index in [1.165, 1.54) is 0 Å². The lowest BCUT2D eigenvalue weighted by atomic mass is 10.0. The first-order valence-electron chi connectivity index (χ1n) is 16.5. The first-order valence-corrected chi connectivity index (χ1v) is 16.5. The molecule has 51 heavy (non-hydrogen) atoms. The molecule has 0 fully saturated rings. The van der Waals surface area contributed by atoms with E-state index in [2.05, 4.69) is 114 Å². The fraction of sp³-hybridized carbons (Fsp3) is 0. The third-order valence-electron chi connectivity index (χ3n) is 9.75. The van der Waals surface area contributed by atoms with Crippen LogP contribution in [0.4, 0.5) is 11.6 Å². The van der Waals surface area contributed by atoms with Crippen LogP contribution in [0.25, 0.3) is 77.6 Å². The SMILES string of the molecule is C1=NNNc2c1c1ccc(-c3cc4c(cn3)oc3cnc(-c5ccc6c7c(n(-c8ccccc8)c6c5)NNN=C7)cc34)cc1n2-c1ccccc1. The molecule has 0 unspecified atom stereocenters. The molecule has 11 rings (SSSR count). The minimum Gasteiger partial charge on any atom is -0.453 e. The van der Waals surface area contributed by atoms with Gasteiger partial charge in [0.15, 0.2) is 11.2 Å². The number of nitrogens with one attached hydrogen (secondary N) is 4. The van der Waals surface area contributed by atoms with Gasteiger partial charge in [-0.2, -0.15) is 10.2 Å². The van der Waals surface area contributed by atoms with Crippen LogP contribution in [-0.2, 0) is 0 Å². The van der Waals surface area contributed by atoms with Gasteiger partial charge in [0.05, 0.1) is 47.2 Å². The van der Waals surface area contributed by atoms with Crippen molar-refractivity contribution in [3.63, 3.8) is 0 Å². The van der Waals surface area contributed by atoms with Gasteiger partial charge in [-0.3, -0.25) is 30.0 Å². The van der Waals surface area contributed by atoms with Gasteiger partial charge in [-0.15, -0.1) is 0 Å². The van der Waals surface area contributed by atoms with Crippen LogP contribution in [0.5, 0.6) is 0 Å². The first-order chi connectivity index (χ1) is 25.3. The molecule has 242 valence electrons. The summed E-state index contributed by atoms with van der Waals surface area (Å²) in [7, 11) is 0. The van der Waals surface area contributed by atoms with Crippen molar-refractivity contribution in [2.24, 2.45) is 10.2 Å². The first kappa shape index (κ1) is 27.5. The summed E-state index contributed by atoms with van der Waals surface area (Å²) >= 11 is 0. The second kappa shape index (κ2) is 10.5. The summed E-state index contributed by atoms with van der Waals surface area (Å²) in [5.74, 6) is 1.87. The highest BCUT2D eigenvalue weighted by atomic mass is 16.3. The normalized spacial score (nSPS) is 13.2. The van der Waals surface area contributed by atoms with Crippen molar-refractivity contribution in [1.82, 2.24) is 30.2 Å². The van der Waals surface area contributed by atoms with Crippen molar-refractivity contribution in [3.8, 4) is 33.9 Å². The monoisotopic (exact) mass is 662 g/mol. The third kappa shape index (κ3) is 4.12. The standard InChI is InChI=1S/C40H26N10O/c1-3-7-25(8-4-1)49-35-15-23(11-13-27(35)31-19-43-47-45-39(31)49)33-17-29-30-18-34(42-22-38(30)51-37(29)21-41-33)24-12-14-28-32-20-44-48-46-40(32)50(36(28)16-24)26-9-5-2-6-10-26/h1-22,45-48H. The Morgan fingerprint density at radius 2 is 0.961 bits per heavy atom. The Bertz CT molecular complexity index is 2720. The Morgan fingerprint density at radius 3 is 1.43 bits per heavy atom. The molecule has 11 heteroatoms. The molecule has 0 radical (unpaired) electrons. The van der Waals surface area contributed by atoms with Crippen molar-refractivity contribution in [2.45, 2.75) is 0 Å². The number of aromatic nitrogens is 4. The van der Waals surface area contributed by atoms with Crippen LogP contribution in [-0.4, -0.2) is 31.5 Å². The smallest absolute Gasteiger partial charge is 0.153 e. The van der Waals surface area contributed by atoms with E-state index in [1.54, 1.807) is 12.4 Å². The van der Waals surface area contributed by atoms with Gasteiger partial charge in [-0.1, -0.05) is 60.7 Å². The molecule has 0 atom stereocenters. The highest BCUT2D eigenvalue weighted by Gasteiger charge is 2.22. The number of para-hydroxylation sites is 2. The maximum Gasteiger partial charge on any atom is 0.153 e. The Kier molecular flexibility index (Phi) is 5.70. The van der Waals surface area contributed by atoms with Crippen molar-refractivity contribution in [1.29, 1.82) is 0 Å². The number of rotatable bonds is 4. The summed E-state index contributed by atoms with van der Waals surface area (Å²) in [4.78, 5) is 9.69. The second-order valence-corrected chi connectivity index (χ2v) is 12.6. The van der Waals surface area contributed by atoms with Crippen LogP contribution in [0.15, 0.2) is 136 Å². The number of furan rings is 1. The van der Waals surface area contributed by atoms with Gasteiger partial charge in [-0.05, 0) is 48.5 Å². The number of anilines is 2. The number of pyridine rings is 2. The summed E-state index contributed by atoms with van der Waals surface area (Å²) < 4.78 is 10.7. The quantitative estimate of drug-likeness (QED) is 0.150. The van der Waals surface area contributed by atoms with E-state index in [9.17, 15) is 0 Å². The van der Waals surface area contributed by atoms with Crippen LogP contribution in [0.2, 0.25) is 0 Å². The van der Waals surface area contributed by atoms with Crippen molar-refractivity contribution in [2.75, 3.05) is 10.9 Å². The molecular weight excluding hydrogens is 637 g/mol. The number of benzene rings is 4. The van der Waals surface area contributed by atoms with Crippen LogP contribution in [0.1, 0.15) is 11.1 Å². The maximum atomic E-state index is 6.25. The highest BCUT2D eigenvalue weighted by molar-refractivity contribution is 6.10. The van der Waals surface area contributed by atoms with E-state index in [0.717, 1.165) is 89.2 Å². The molecule has 0 saturated carbocycles. The zero-order valence-corrected chi connectivity index (χ0v) is 26.8. The molecule has 0 saturated heterocycles. The average Bonchev–Trinajstić information content (AvgIpc) is 3.85. The molecule has 0 aliphatic carbocycles. The molecule has 0 amide bonds. The number of hydrazone groups is 2. The average molecular weight is 663 g/mol. The fourth-order valence-electron chi connectivity index (χ4n) is 7.41.